The lowest BCUT2D eigenvalue weighted by Crippen LogP contribution is -2.03. The Labute approximate surface area is 146 Å². The largest absolute Gasteiger partial charge is 0.492 e. The number of hydrogen-bond donors (Lipinski definition) is 1. The zero-order chi connectivity index (χ0) is 16.1. The first kappa shape index (κ1) is 16.9. The van der Waals surface area contributed by atoms with E-state index in [2.05, 4.69) is 66.0 Å². The van der Waals surface area contributed by atoms with Gasteiger partial charge in [-0.3, -0.25) is 0 Å². The van der Waals surface area contributed by atoms with Gasteiger partial charge in [-0.15, -0.1) is 0 Å². The summed E-state index contributed by atoms with van der Waals surface area (Å²) in [4.78, 5) is 0. The molecule has 0 unspecified atom stereocenters. The summed E-state index contributed by atoms with van der Waals surface area (Å²) < 4.78 is 12.2. The minimum atomic E-state index is 0.625. The van der Waals surface area contributed by atoms with E-state index in [1.807, 2.05) is 13.0 Å². The van der Waals surface area contributed by atoms with Crippen LogP contribution in [0.1, 0.15) is 23.6 Å². The maximum Gasteiger partial charge on any atom is 0.174 e. The molecule has 0 aliphatic heterocycles. The smallest absolute Gasteiger partial charge is 0.174 e. The second-order valence-corrected chi connectivity index (χ2v) is 6.36. The standard InChI is InChI=1S/C18H22INO2/c1-5-22-17-10-14(9-16(19)18(17)21-4)11-20-15-7-6-12(2)13(3)8-15/h6-10,20H,5,11H2,1-4H3. The third-order valence-corrected chi connectivity index (χ3v) is 4.38. The normalized spacial score (nSPS) is 10.4. The van der Waals surface area contributed by atoms with Gasteiger partial charge in [-0.2, -0.15) is 0 Å². The van der Waals surface area contributed by atoms with Crippen LogP contribution < -0.4 is 14.8 Å². The topological polar surface area (TPSA) is 30.5 Å². The SMILES string of the molecule is CCOc1cc(CNc2ccc(C)c(C)c2)cc(I)c1OC. The summed E-state index contributed by atoms with van der Waals surface area (Å²) in [6.07, 6.45) is 0. The molecule has 22 heavy (non-hydrogen) atoms. The molecule has 0 atom stereocenters. The molecule has 2 rings (SSSR count). The number of methoxy groups -OCH3 is 1. The molecule has 0 saturated heterocycles. The molecule has 0 bridgehead atoms. The highest BCUT2D eigenvalue weighted by Gasteiger charge is 2.11. The number of rotatable bonds is 6. The fourth-order valence-electron chi connectivity index (χ4n) is 2.24. The van der Waals surface area contributed by atoms with Crippen molar-refractivity contribution in [1.82, 2.24) is 0 Å². The van der Waals surface area contributed by atoms with Crippen LogP contribution in [0.4, 0.5) is 5.69 Å². The van der Waals surface area contributed by atoms with Crippen LogP contribution in [0.3, 0.4) is 0 Å². The Morgan fingerprint density at radius 2 is 1.86 bits per heavy atom. The zero-order valence-electron chi connectivity index (χ0n) is 13.5. The summed E-state index contributed by atoms with van der Waals surface area (Å²) in [7, 11) is 1.67. The predicted molar refractivity (Wildman–Crippen MR) is 100 cm³/mol. The summed E-state index contributed by atoms with van der Waals surface area (Å²) in [5.41, 5.74) is 4.91. The maximum atomic E-state index is 5.68. The van der Waals surface area contributed by atoms with Crippen molar-refractivity contribution in [2.45, 2.75) is 27.3 Å². The van der Waals surface area contributed by atoms with Crippen molar-refractivity contribution in [3.05, 3.63) is 50.6 Å². The molecule has 1 N–H and O–H groups in total. The van der Waals surface area contributed by atoms with Crippen LogP contribution in [0.2, 0.25) is 0 Å². The molecule has 0 amide bonds. The van der Waals surface area contributed by atoms with Gasteiger partial charge in [0.15, 0.2) is 11.5 Å². The second kappa shape index (κ2) is 7.72. The molecule has 2 aromatic carbocycles. The Bertz CT molecular complexity index is 656. The van der Waals surface area contributed by atoms with Gasteiger partial charge in [-0.25, -0.2) is 0 Å². The highest BCUT2D eigenvalue weighted by molar-refractivity contribution is 14.1. The monoisotopic (exact) mass is 411 g/mol. The Kier molecular flexibility index (Phi) is 5.94. The van der Waals surface area contributed by atoms with E-state index in [-0.39, 0.29) is 0 Å². The Morgan fingerprint density at radius 3 is 2.50 bits per heavy atom. The first-order valence-corrected chi connectivity index (χ1v) is 8.43. The third-order valence-electron chi connectivity index (χ3n) is 3.58. The molecule has 4 heteroatoms. The van der Waals surface area contributed by atoms with E-state index in [1.54, 1.807) is 7.11 Å². The van der Waals surface area contributed by atoms with Crippen molar-refractivity contribution in [1.29, 1.82) is 0 Å². The summed E-state index contributed by atoms with van der Waals surface area (Å²) in [5, 5.41) is 3.46. The molecule has 0 heterocycles. The van der Waals surface area contributed by atoms with E-state index >= 15 is 0 Å². The fourth-order valence-corrected chi connectivity index (χ4v) is 3.13. The first-order chi connectivity index (χ1) is 10.5. The van der Waals surface area contributed by atoms with E-state index < -0.39 is 0 Å². The Balaban J connectivity index is 2.17. The van der Waals surface area contributed by atoms with Gasteiger partial charge < -0.3 is 14.8 Å². The van der Waals surface area contributed by atoms with Gasteiger partial charge in [-0.1, -0.05) is 6.07 Å². The summed E-state index contributed by atoms with van der Waals surface area (Å²) in [6, 6.07) is 10.6. The van der Waals surface area contributed by atoms with Crippen LogP contribution in [0.25, 0.3) is 0 Å². The third kappa shape index (κ3) is 4.06. The van der Waals surface area contributed by atoms with Crippen molar-refractivity contribution in [2.75, 3.05) is 19.0 Å². The molecule has 0 aliphatic carbocycles. The highest BCUT2D eigenvalue weighted by Crippen LogP contribution is 2.34. The van der Waals surface area contributed by atoms with Gasteiger partial charge in [0.2, 0.25) is 0 Å². The first-order valence-electron chi connectivity index (χ1n) is 7.35. The molecule has 2 aromatic rings. The molecule has 0 aromatic heterocycles. The van der Waals surface area contributed by atoms with Crippen LogP contribution in [-0.4, -0.2) is 13.7 Å². The average Bonchev–Trinajstić information content (AvgIpc) is 2.49. The number of nitrogens with one attached hydrogen (secondary N) is 1. The lowest BCUT2D eigenvalue weighted by molar-refractivity contribution is 0.309. The lowest BCUT2D eigenvalue weighted by atomic mass is 10.1. The van der Waals surface area contributed by atoms with Crippen molar-refractivity contribution in [3.63, 3.8) is 0 Å². The van der Waals surface area contributed by atoms with Gasteiger partial charge >= 0.3 is 0 Å². The number of anilines is 1. The number of benzene rings is 2. The summed E-state index contributed by atoms with van der Waals surface area (Å²) in [6.45, 7) is 7.61. The van der Waals surface area contributed by atoms with Gasteiger partial charge in [-0.05, 0) is 84.3 Å². The van der Waals surface area contributed by atoms with Crippen LogP contribution in [0.15, 0.2) is 30.3 Å². The fraction of sp³-hybridized carbons (Fsp3) is 0.333. The van der Waals surface area contributed by atoms with Crippen LogP contribution >= 0.6 is 22.6 Å². The number of halogens is 1. The molecule has 0 radical (unpaired) electrons. The van der Waals surface area contributed by atoms with Crippen LogP contribution in [0.5, 0.6) is 11.5 Å². The molecule has 0 fully saturated rings. The zero-order valence-corrected chi connectivity index (χ0v) is 15.7. The Hall–Kier alpha value is -1.43. The lowest BCUT2D eigenvalue weighted by Gasteiger charge is -2.14. The number of ether oxygens (including phenoxy) is 2. The van der Waals surface area contributed by atoms with Crippen molar-refractivity contribution >= 4 is 28.3 Å². The van der Waals surface area contributed by atoms with E-state index in [9.17, 15) is 0 Å². The van der Waals surface area contributed by atoms with Crippen molar-refractivity contribution in [3.8, 4) is 11.5 Å². The van der Waals surface area contributed by atoms with E-state index in [1.165, 1.54) is 16.7 Å². The summed E-state index contributed by atoms with van der Waals surface area (Å²) in [5.74, 6) is 1.60. The van der Waals surface area contributed by atoms with Gasteiger partial charge in [0.05, 0.1) is 17.3 Å². The predicted octanol–water partition coefficient (Wildman–Crippen LogP) is 4.93. The van der Waals surface area contributed by atoms with Crippen molar-refractivity contribution < 1.29 is 9.47 Å². The average molecular weight is 411 g/mol. The molecule has 118 valence electrons. The quantitative estimate of drug-likeness (QED) is 0.684. The molecular formula is C18H22INO2. The van der Waals surface area contributed by atoms with Gasteiger partial charge in [0.25, 0.3) is 0 Å². The molecule has 0 spiro atoms. The minimum Gasteiger partial charge on any atom is -0.492 e. The summed E-state index contributed by atoms with van der Waals surface area (Å²) >= 11 is 2.28. The molecule has 0 saturated carbocycles. The molecule has 0 aliphatic rings. The molecule has 3 nitrogen and oxygen atoms in total. The maximum absolute atomic E-state index is 5.68. The van der Waals surface area contributed by atoms with E-state index in [0.717, 1.165) is 27.3 Å². The number of aryl methyl sites for hydroxylation is 2. The van der Waals surface area contributed by atoms with Crippen LogP contribution in [0, 0.1) is 17.4 Å². The van der Waals surface area contributed by atoms with Gasteiger partial charge in [0.1, 0.15) is 0 Å². The second-order valence-electron chi connectivity index (χ2n) is 5.19. The van der Waals surface area contributed by atoms with Crippen molar-refractivity contribution in [2.24, 2.45) is 0 Å². The number of hydrogen-bond acceptors (Lipinski definition) is 3. The Morgan fingerprint density at radius 1 is 1.09 bits per heavy atom. The highest BCUT2D eigenvalue weighted by atomic mass is 127. The van der Waals surface area contributed by atoms with Crippen LogP contribution in [-0.2, 0) is 6.54 Å². The minimum absolute atomic E-state index is 0.625. The van der Waals surface area contributed by atoms with E-state index in [4.69, 9.17) is 9.47 Å². The molecular weight excluding hydrogens is 389 g/mol. The van der Waals surface area contributed by atoms with E-state index in [0.29, 0.717) is 6.61 Å². The van der Waals surface area contributed by atoms with Gasteiger partial charge in [0, 0.05) is 12.2 Å².